The lowest BCUT2D eigenvalue weighted by molar-refractivity contribution is 0.0453. The number of piperidine rings is 1. The maximum atomic E-state index is 13.9. The van der Waals surface area contributed by atoms with Crippen LogP contribution in [-0.2, 0) is 11.3 Å². The molecule has 5 aromatic rings. The Bertz CT molecular complexity index is 1670. The molecule has 1 fully saturated rings. The number of hydrogen-bond donors (Lipinski definition) is 1. The van der Waals surface area contributed by atoms with Crippen LogP contribution in [0.2, 0.25) is 0 Å². The molecule has 43 heavy (non-hydrogen) atoms. The molecule has 8 heteroatoms. The molecule has 0 unspecified atom stereocenters. The van der Waals surface area contributed by atoms with E-state index in [1.165, 1.54) is 16.9 Å². The van der Waals surface area contributed by atoms with Gasteiger partial charge < -0.3 is 19.7 Å². The van der Waals surface area contributed by atoms with Crippen molar-refractivity contribution in [3.8, 4) is 5.75 Å². The van der Waals surface area contributed by atoms with Gasteiger partial charge in [-0.25, -0.2) is 4.79 Å². The number of anilines is 1. The number of esters is 1. The molecular weight excluding hydrogens is 558 g/mol. The summed E-state index contributed by atoms with van der Waals surface area (Å²) in [5.74, 6) is 0.654. The van der Waals surface area contributed by atoms with Crippen molar-refractivity contribution in [2.45, 2.75) is 25.3 Å². The molecule has 1 aliphatic rings. The topological polar surface area (TPSA) is 80.8 Å². The quantitative estimate of drug-likeness (QED) is 0.137. The summed E-state index contributed by atoms with van der Waals surface area (Å²) in [7, 11) is 0. The van der Waals surface area contributed by atoms with Crippen molar-refractivity contribution < 1.29 is 19.1 Å². The maximum absolute atomic E-state index is 13.9. The predicted octanol–water partition coefficient (Wildman–Crippen LogP) is 7.16. The van der Waals surface area contributed by atoms with Crippen molar-refractivity contribution in [1.29, 1.82) is 0 Å². The van der Waals surface area contributed by atoms with E-state index in [0.29, 0.717) is 47.9 Å². The Labute approximate surface area is 255 Å². The van der Waals surface area contributed by atoms with Crippen molar-refractivity contribution in [2.24, 2.45) is 0 Å². The average molecular weight is 592 g/mol. The summed E-state index contributed by atoms with van der Waals surface area (Å²) in [6.45, 7) is 2.25. The summed E-state index contributed by atoms with van der Waals surface area (Å²) < 4.78 is 11.9. The van der Waals surface area contributed by atoms with E-state index >= 15 is 0 Å². The van der Waals surface area contributed by atoms with E-state index in [-0.39, 0.29) is 19.1 Å². The number of thiophene rings is 1. The zero-order valence-electron chi connectivity index (χ0n) is 23.8. The Morgan fingerprint density at radius 1 is 0.860 bits per heavy atom. The average Bonchev–Trinajstić information content (AvgIpc) is 3.51. The van der Waals surface area contributed by atoms with Crippen LogP contribution in [0.4, 0.5) is 5.69 Å². The Hall–Kier alpha value is -4.69. The molecule has 1 N–H and O–H groups in total. The number of benzene rings is 3. The highest BCUT2D eigenvalue weighted by Crippen LogP contribution is 2.36. The van der Waals surface area contributed by atoms with Crippen molar-refractivity contribution in [2.75, 3.05) is 31.6 Å². The van der Waals surface area contributed by atoms with E-state index in [1.807, 2.05) is 71.6 Å². The molecule has 7 nitrogen and oxygen atoms in total. The van der Waals surface area contributed by atoms with Crippen LogP contribution in [0.3, 0.4) is 0 Å². The van der Waals surface area contributed by atoms with Crippen molar-refractivity contribution in [3.63, 3.8) is 0 Å². The number of carbonyl (C=O) groups is 2. The number of rotatable bonds is 10. The number of fused-ring (bicyclic) bond motifs is 1. The molecule has 1 saturated heterocycles. The third-order valence-electron chi connectivity index (χ3n) is 7.73. The number of carbonyl (C=O) groups excluding carboxylic acids is 2. The molecule has 0 spiro atoms. The summed E-state index contributed by atoms with van der Waals surface area (Å²) in [4.78, 5) is 33.5. The summed E-state index contributed by atoms with van der Waals surface area (Å²) in [6.07, 6.45) is 3.44. The Balaban J connectivity index is 1.20. The predicted molar refractivity (Wildman–Crippen MR) is 170 cm³/mol. The number of likely N-dealkylation sites (tertiary alicyclic amines) is 1. The number of para-hydroxylation sites is 1. The van der Waals surface area contributed by atoms with Gasteiger partial charge in [-0.2, -0.15) is 0 Å². The minimum Gasteiger partial charge on any atom is -0.490 e. The van der Waals surface area contributed by atoms with Gasteiger partial charge >= 0.3 is 5.97 Å². The summed E-state index contributed by atoms with van der Waals surface area (Å²) in [5.41, 5.74) is 4.52. The Morgan fingerprint density at radius 3 is 2.26 bits per heavy atom. The first-order valence-electron chi connectivity index (χ1n) is 14.5. The number of nitrogens with one attached hydrogen (secondary N) is 1. The van der Waals surface area contributed by atoms with Gasteiger partial charge in [0.1, 0.15) is 19.0 Å². The lowest BCUT2D eigenvalue weighted by Crippen LogP contribution is -2.38. The fourth-order valence-corrected chi connectivity index (χ4v) is 6.46. The van der Waals surface area contributed by atoms with Crippen LogP contribution in [0.25, 0.3) is 10.2 Å². The van der Waals surface area contributed by atoms with Gasteiger partial charge in [-0.3, -0.25) is 9.78 Å². The summed E-state index contributed by atoms with van der Waals surface area (Å²) >= 11 is 1.39. The number of hydrogen-bond acceptors (Lipinski definition) is 7. The Kier molecular flexibility index (Phi) is 8.94. The van der Waals surface area contributed by atoms with Crippen molar-refractivity contribution in [1.82, 2.24) is 9.88 Å². The van der Waals surface area contributed by atoms with Gasteiger partial charge in [-0.1, -0.05) is 78.9 Å². The normalized spacial score (nSPS) is 13.5. The van der Waals surface area contributed by atoms with Gasteiger partial charge in [0.2, 0.25) is 0 Å². The van der Waals surface area contributed by atoms with E-state index in [9.17, 15) is 9.59 Å². The molecule has 0 aliphatic carbocycles. The van der Waals surface area contributed by atoms with Crippen molar-refractivity contribution in [3.05, 3.63) is 125 Å². The van der Waals surface area contributed by atoms with E-state index in [4.69, 9.17) is 9.47 Å². The standard InChI is InChI=1S/C35H33N3O4S/c39-34(38-18-16-27(17-19-38)26-12-6-2-7-13-26)29-23-37-32-30(35(40)42-21-20-41-28-14-8-3-9-15-28)24-43-33(32)31(29)36-22-25-10-4-1-5-11-25/h1-15,23-24,27H,16-22H2,(H,36,37). The van der Waals surface area contributed by atoms with Gasteiger partial charge in [0, 0.05) is 31.2 Å². The van der Waals surface area contributed by atoms with Crippen LogP contribution in [0.5, 0.6) is 5.75 Å². The van der Waals surface area contributed by atoms with Gasteiger partial charge in [-0.05, 0) is 42.0 Å². The Morgan fingerprint density at radius 2 is 1.53 bits per heavy atom. The molecule has 2 aromatic heterocycles. The van der Waals surface area contributed by atoms with Gasteiger partial charge in [0.05, 0.1) is 27.0 Å². The highest BCUT2D eigenvalue weighted by atomic mass is 32.1. The second kappa shape index (κ2) is 13.5. The third kappa shape index (κ3) is 6.70. The first-order chi connectivity index (χ1) is 21.2. The molecule has 218 valence electrons. The fraction of sp³-hybridized carbons (Fsp3) is 0.229. The van der Waals surface area contributed by atoms with Gasteiger partial charge in [-0.15, -0.1) is 11.3 Å². The van der Waals surface area contributed by atoms with Crippen LogP contribution >= 0.6 is 11.3 Å². The molecule has 6 rings (SSSR count). The zero-order valence-corrected chi connectivity index (χ0v) is 24.6. The summed E-state index contributed by atoms with van der Waals surface area (Å²) in [6, 6.07) is 29.9. The smallest absolute Gasteiger partial charge is 0.341 e. The number of ether oxygens (including phenoxy) is 2. The highest BCUT2D eigenvalue weighted by Gasteiger charge is 2.28. The van der Waals surface area contributed by atoms with Crippen LogP contribution in [0, 0.1) is 0 Å². The molecule has 0 atom stereocenters. The molecule has 1 aliphatic heterocycles. The number of amides is 1. The molecule has 0 bridgehead atoms. The monoisotopic (exact) mass is 591 g/mol. The molecule has 1 amide bonds. The van der Waals surface area contributed by atoms with Crippen LogP contribution in [0.1, 0.15) is 50.6 Å². The largest absolute Gasteiger partial charge is 0.490 e. The number of aromatic nitrogens is 1. The van der Waals surface area contributed by atoms with Gasteiger partial charge in [0.15, 0.2) is 0 Å². The lowest BCUT2D eigenvalue weighted by Gasteiger charge is -2.32. The number of nitrogens with zero attached hydrogens (tertiary/aromatic N) is 2. The zero-order chi connectivity index (χ0) is 29.4. The van der Waals surface area contributed by atoms with E-state index < -0.39 is 5.97 Å². The lowest BCUT2D eigenvalue weighted by atomic mass is 9.89. The van der Waals surface area contributed by atoms with Crippen LogP contribution < -0.4 is 10.1 Å². The van der Waals surface area contributed by atoms with Crippen LogP contribution in [-0.4, -0.2) is 48.1 Å². The fourth-order valence-electron chi connectivity index (χ4n) is 5.44. The highest BCUT2D eigenvalue weighted by molar-refractivity contribution is 7.18. The number of pyridine rings is 1. The summed E-state index contributed by atoms with van der Waals surface area (Å²) in [5, 5.41) is 5.26. The molecular formula is C35H33N3O4S. The van der Waals surface area contributed by atoms with Gasteiger partial charge in [0.25, 0.3) is 5.91 Å². The third-order valence-corrected chi connectivity index (χ3v) is 8.71. The minimum atomic E-state index is -0.466. The first kappa shape index (κ1) is 28.4. The molecule has 0 radical (unpaired) electrons. The SMILES string of the molecule is O=C(OCCOc1ccccc1)c1csc2c(NCc3ccccc3)c(C(=O)N3CCC(c4ccccc4)CC3)cnc12. The second-order valence-electron chi connectivity index (χ2n) is 10.5. The first-order valence-corrected chi connectivity index (χ1v) is 15.4. The second-order valence-corrected chi connectivity index (χ2v) is 11.4. The maximum Gasteiger partial charge on any atom is 0.341 e. The molecule has 0 saturated carbocycles. The van der Waals surface area contributed by atoms with Crippen molar-refractivity contribution >= 4 is 39.1 Å². The molecule has 3 aromatic carbocycles. The van der Waals surface area contributed by atoms with E-state index in [1.54, 1.807) is 11.6 Å². The van der Waals surface area contributed by atoms with E-state index in [0.717, 1.165) is 28.9 Å². The molecule has 3 heterocycles. The van der Waals surface area contributed by atoms with E-state index in [2.05, 4.69) is 34.6 Å². The van der Waals surface area contributed by atoms with Crippen LogP contribution in [0.15, 0.2) is 103 Å². The minimum absolute atomic E-state index is 0.0490.